The first kappa shape index (κ1) is 26.5. The monoisotopic (exact) mass is 517 g/mol. The van der Waals surface area contributed by atoms with Gasteiger partial charge >= 0.3 is 11.8 Å². The molecule has 0 fully saturated rings. The molecule has 3 aromatic heterocycles. The fourth-order valence-corrected chi connectivity index (χ4v) is 3.01. The van der Waals surface area contributed by atoms with E-state index in [-0.39, 0.29) is 28.7 Å². The van der Waals surface area contributed by atoms with Crippen LogP contribution < -0.4 is 21.7 Å². The van der Waals surface area contributed by atoms with E-state index in [1.54, 1.807) is 0 Å². The molecule has 3 aromatic rings. The van der Waals surface area contributed by atoms with Gasteiger partial charge in [-0.2, -0.15) is 10.2 Å². The number of aromatic amines is 3. The minimum Gasteiger partial charge on any atom is -0.467 e. The number of anilines is 2. The highest BCUT2D eigenvalue weighted by Gasteiger charge is 2.23. The van der Waals surface area contributed by atoms with Gasteiger partial charge in [-0.15, -0.1) is 5.10 Å². The van der Waals surface area contributed by atoms with Gasteiger partial charge < -0.3 is 36.5 Å². The number of amides is 3. The number of methoxy groups -OCH3 is 1. The summed E-state index contributed by atoms with van der Waals surface area (Å²) >= 11 is 0. The van der Waals surface area contributed by atoms with E-state index in [1.807, 2.05) is 0 Å². The predicted octanol–water partition coefficient (Wildman–Crippen LogP) is -0.331. The summed E-state index contributed by atoms with van der Waals surface area (Å²) < 4.78 is 4.71. The molecule has 0 bridgehead atoms. The Bertz CT molecular complexity index is 1290. The zero-order valence-electron chi connectivity index (χ0n) is 19.4. The molecular formula is C19H23N11O7. The maximum Gasteiger partial charge on any atom is 0.343 e. The third-order valence-electron chi connectivity index (χ3n) is 4.86. The van der Waals surface area contributed by atoms with Crippen LogP contribution >= 0.6 is 0 Å². The second kappa shape index (κ2) is 12.0. The molecule has 3 heterocycles. The van der Waals surface area contributed by atoms with Gasteiger partial charge in [0.15, 0.2) is 17.3 Å². The Hall–Kier alpha value is -5.13. The summed E-state index contributed by atoms with van der Waals surface area (Å²) in [7, 11) is 1.21. The molecule has 0 aliphatic rings. The first-order valence-electron chi connectivity index (χ1n) is 10.7. The van der Waals surface area contributed by atoms with Gasteiger partial charge in [-0.1, -0.05) is 5.10 Å². The minimum atomic E-state index is -0.878. The number of nitrogens with one attached hydrogen (secondary N) is 6. The van der Waals surface area contributed by atoms with E-state index in [2.05, 4.69) is 46.5 Å². The smallest absolute Gasteiger partial charge is 0.343 e. The lowest BCUT2D eigenvalue weighted by Crippen LogP contribution is -2.41. The van der Waals surface area contributed by atoms with Crippen molar-refractivity contribution in [3.8, 4) is 0 Å². The summed E-state index contributed by atoms with van der Waals surface area (Å²) in [5.41, 5.74) is 5.12. The van der Waals surface area contributed by atoms with Crippen LogP contribution in [0.5, 0.6) is 0 Å². The number of aromatic nitrogens is 6. The van der Waals surface area contributed by atoms with Crippen LogP contribution in [0.15, 0.2) is 18.2 Å². The summed E-state index contributed by atoms with van der Waals surface area (Å²) in [4.78, 5) is 59.0. The van der Waals surface area contributed by atoms with Gasteiger partial charge in [0.1, 0.15) is 17.4 Å². The molecule has 0 aliphatic heterocycles. The van der Waals surface area contributed by atoms with Crippen LogP contribution in [0.2, 0.25) is 0 Å². The van der Waals surface area contributed by atoms with Crippen molar-refractivity contribution in [3.63, 3.8) is 0 Å². The van der Waals surface area contributed by atoms with Crippen LogP contribution in [0.4, 0.5) is 17.5 Å². The quantitative estimate of drug-likeness (QED) is 0.0707. The molecule has 3 rings (SSSR count). The third kappa shape index (κ3) is 6.94. The topological polar surface area (TPSA) is 269 Å². The Morgan fingerprint density at radius 3 is 2.16 bits per heavy atom. The number of nitro groups is 1. The Kier molecular flexibility index (Phi) is 8.60. The van der Waals surface area contributed by atoms with Crippen LogP contribution in [0.25, 0.3) is 0 Å². The molecule has 0 spiro atoms. The summed E-state index contributed by atoms with van der Waals surface area (Å²) in [5, 5.41) is 36.1. The Morgan fingerprint density at radius 1 is 0.973 bits per heavy atom. The molecule has 18 nitrogen and oxygen atoms in total. The number of H-pyrrole nitrogens is 3. The molecule has 0 saturated carbocycles. The number of esters is 1. The first-order chi connectivity index (χ1) is 17.7. The van der Waals surface area contributed by atoms with Gasteiger partial charge in [-0.3, -0.25) is 24.6 Å². The van der Waals surface area contributed by atoms with E-state index in [1.165, 1.54) is 19.2 Å². The molecule has 1 atom stereocenters. The van der Waals surface area contributed by atoms with Crippen LogP contribution in [-0.2, 0) is 9.53 Å². The number of carbonyl (C=O) groups is 4. The third-order valence-corrected chi connectivity index (χ3v) is 4.86. The fraction of sp³-hybridized carbons (Fsp3) is 0.316. The number of ether oxygens (including phenoxy) is 1. The molecule has 0 aliphatic carbocycles. The van der Waals surface area contributed by atoms with Crippen molar-refractivity contribution in [3.05, 3.63) is 45.4 Å². The maximum atomic E-state index is 12.5. The molecule has 0 unspecified atom stereocenters. The minimum absolute atomic E-state index is 0.00285. The molecule has 0 radical (unpaired) electrons. The Balaban J connectivity index is 1.57. The van der Waals surface area contributed by atoms with Crippen LogP contribution in [0.1, 0.15) is 50.7 Å². The van der Waals surface area contributed by atoms with Crippen molar-refractivity contribution in [2.75, 3.05) is 24.3 Å². The van der Waals surface area contributed by atoms with E-state index < -0.39 is 40.5 Å². The van der Waals surface area contributed by atoms with E-state index in [0.29, 0.717) is 25.8 Å². The average Bonchev–Trinajstić information content (AvgIpc) is 3.63. The summed E-state index contributed by atoms with van der Waals surface area (Å²) in [6.07, 6.45) is 1.62. The highest BCUT2D eigenvalue weighted by molar-refractivity contribution is 6.06. The van der Waals surface area contributed by atoms with Gasteiger partial charge in [0, 0.05) is 12.1 Å². The Morgan fingerprint density at radius 2 is 1.59 bits per heavy atom. The molecular weight excluding hydrogens is 494 g/mol. The van der Waals surface area contributed by atoms with Crippen molar-refractivity contribution >= 4 is 41.1 Å². The second-order valence-electron chi connectivity index (χ2n) is 7.47. The lowest BCUT2D eigenvalue weighted by atomic mass is 10.1. The number of nitrogens with two attached hydrogens (primary N) is 1. The first-order valence-corrected chi connectivity index (χ1v) is 10.7. The van der Waals surface area contributed by atoms with E-state index in [4.69, 9.17) is 10.5 Å². The molecule has 0 saturated heterocycles. The van der Waals surface area contributed by atoms with E-state index in [9.17, 15) is 29.3 Å². The summed E-state index contributed by atoms with van der Waals surface area (Å²) in [6, 6.07) is 2.52. The van der Waals surface area contributed by atoms with Crippen molar-refractivity contribution in [1.82, 2.24) is 35.9 Å². The van der Waals surface area contributed by atoms with Crippen molar-refractivity contribution in [2.24, 2.45) is 5.73 Å². The number of rotatable bonds is 12. The zero-order chi connectivity index (χ0) is 26.9. The van der Waals surface area contributed by atoms with E-state index >= 15 is 0 Å². The molecule has 3 amide bonds. The normalized spacial score (nSPS) is 11.4. The van der Waals surface area contributed by atoms with E-state index in [0.717, 1.165) is 6.07 Å². The highest BCUT2D eigenvalue weighted by atomic mass is 16.6. The number of nitrogens with zero attached hydrogens (tertiary/aromatic N) is 4. The van der Waals surface area contributed by atoms with Crippen molar-refractivity contribution < 1.29 is 28.8 Å². The molecule has 196 valence electrons. The SMILES string of the molecule is COC(=O)[C@H](CCCCN)NC(=O)c1cc(NC(=O)c2cc(NC(=O)c3cc([N+](=O)[O-])[nH]n3)n[nH]2)n[nH]1. The molecule has 37 heavy (non-hydrogen) atoms. The van der Waals surface area contributed by atoms with Gasteiger partial charge in [0.2, 0.25) is 0 Å². The summed E-state index contributed by atoms with van der Waals surface area (Å²) in [6.45, 7) is 0.449. The largest absolute Gasteiger partial charge is 0.467 e. The molecule has 0 aromatic carbocycles. The zero-order valence-corrected chi connectivity index (χ0v) is 19.4. The number of hydrogen-bond donors (Lipinski definition) is 7. The Labute approximate surface area is 207 Å². The predicted molar refractivity (Wildman–Crippen MR) is 124 cm³/mol. The number of carbonyl (C=O) groups excluding carboxylic acids is 4. The van der Waals surface area contributed by atoms with Crippen molar-refractivity contribution in [2.45, 2.75) is 25.3 Å². The second-order valence-corrected chi connectivity index (χ2v) is 7.47. The summed E-state index contributed by atoms with van der Waals surface area (Å²) in [5.74, 6) is -3.25. The molecule has 8 N–H and O–H groups in total. The van der Waals surface area contributed by atoms with Gasteiger partial charge in [0.25, 0.3) is 17.7 Å². The number of hydrogen-bond acceptors (Lipinski definition) is 11. The molecule has 18 heteroatoms. The standard InChI is InChI=1S/C19H23N11O7/c1-37-19(34)9(4-2-3-5-20)21-16(31)10-6-13(27-24-10)22-17(32)11-7-14(28-25-11)23-18(33)12-8-15(29-26-12)30(35)36/h6-9H,2-5,20H2,1H3,(H,21,31)(H,26,29)(H2,22,24,27,32)(H2,23,25,28,33)/t9-/m0/s1. The highest BCUT2D eigenvalue weighted by Crippen LogP contribution is 2.13. The lowest BCUT2D eigenvalue weighted by Gasteiger charge is -2.15. The van der Waals surface area contributed by atoms with Gasteiger partial charge in [0.05, 0.1) is 13.2 Å². The lowest BCUT2D eigenvalue weighted by molar-refractivity contribution is -0.389. The van der Waals surface area contributed by atoms with Crippen LogP contribution in [0.3, 0.4) is 0 Å². The van der Waals surface area contributed by atoms with Crippen molar-refractivity contribution in [1.29, 1.82) is 0 Å². The van der Waals surface area contributed by atoms with Gasteiger partial charge in [-0.25, -0.2) is 4.79 Å². The van der Waals surface area contributed by atoms with Crippen LogP contribution in [-0.4, -0.2) is 78.9 Å². The number of unbranched alkanes of at least 4 members (excludes halogenated alkanes) is 1. The fourth-order valence-electron chi connectivity index (χ4n) is 3.01. The average molecular weight is 517 g/mol. The van der Waals surface area contributed by atoms with Crippen LogP contribution in [0, 0.1) is 10.1 Å². The van der Waals surface area contributed by atoms with Gasteiger partial charge in [-0.05, 0) is 30.7 Å². The maximum absolute atomic E-state index is 12.5.